The lowest BCUT2D eigenvalue weighted by Crippen LogP contribution is -2.62. The van der Waals surface area contributed by atoms with Crippen molar-refractivity contribution < 1.29 is 58.6 Å². The Morgan fingerprint density at radius 2 is 1.43 bits per heavy atom. The molecule has 0 saturated heterocycles. The zero-order valence-electron chi connectivity index (χ0n) is 23.8. The van der Waals surface area contributed by atoms with E-state index in [4.69, 9.17) is 4.74 Å². The molecule has 0 saturated carbocycles. The fourth-order valence-corrected chi connectivity index (χ4v) is 4.77. The number of hydrogen-bond acceptors (Lipinski definition) is 5. The molecule has 1 amide bonds. The summed E-state index contributed by atoms with van der Waals surface area (Å²) >= 11 is 0. The zero-order valence-corrected chi connectivity index (χ0v) is 23.8. The number of hydrogen-bond donors (Lipinski definition) is 2. The van der Waals surface area contributed by atoms with Crippen molar-refractivity contribution in [3.05, 3.63) is 95.1 Å². The summed E-state index contributed by atoms with van der Waals surface area (Å²) in [6.07, 6.45) is -16.1. The lowest BCUT2D eigenvalue weighted by molar-refractivity contribution is -0.274. The number of carbonyl (C=O) groups is 2. The van der Waals surface area contributed by atoms with Crippen LogP contribution in [0, 0.1) is 6.92 Å². The number of rotatable bonds is 9. The number of ether oxygens (including phenoxy) is 2. The Morgan fingerprint density at radius 3 is 1.98 bits per heavy atom. The molecule has 1 aliphatic heterocycles. The topological polar surface area (TPSA) is 76.7 Å². The van der Waals surface area contributed by atoms with Gasteiger partial charge >= 0.3 is 18.7 Å². The van der Waals surface area contributed by atoms with Gasteiger partial charge in [-0.05, 0) is 60.9 Å². The first kappa shape index (κ1) is 34.3. The van der Waals surface area contributed by atoms with E-state index in [1.165, 1.54) is 24.3 Å². The number of ketones is 1. The average molecular weight is 661 g/mol. The molecule has 15 heteroatoms. The summed E-state index contributed by atoms with van der Waals surface area (Å²) in [6.45, 7) is 0.595. The molecule has 1 heterocycles. The molecule has 1 atom stereocenters. The van der Waals surface area contributed by atoms with Crippen molar-refractivity contribution in [2.24, 2.45) is 0 Å². The highest BCUT2D eigenvalue weighted by molar-refractivity contribution is 6.32. The maximum atomic E-state index is 14.9. The van der Waals surface area contributed by atoms with Crippen molar-refractivity contribution in [2.45, 2.75) is 44.0 Å². The summed E-state index contributed by atoms with van der Waals surface area (Å²) < 4.78 is 128. The predicted molar refractivity (Wildman–Crippen MR) is 148 cm³/mol. The van der Waals surface area contributed by atoms with E-state index in [9.17, 15) is 49.1 Å². The quantitative estimate of drug-likeness (QED) is 0.182. The van der Waals surface area contributed by atoms with Crippen LogP contribution in [0.1, 0.15) is 29.5 Å². The predicted octanol–water partition coefficient (Wildman–Crippen LogP) is 7.64. The van der Waals surface area contributed by atoms with E-state index >= 15 is 0 Å². The molecule has 1 aliphatic rings. The van der Waals surface area contributed by atoms with E-state index in [1.54, 1.807) is 6.92 Å². The van der Waals surface area contributed by atoms with Gasteiger partial charge < -0.3 is 14.8 Å². The van der Waals surface area contributed by atoms with E-state index in [2.05, 4.69) is 15.4 Å². The van der Waals surface area contributed by atoms with Crippen LogP contribution in [0.5, 0.6) is 11.5 Å². The Hall–Kier alpha value is -4.53. The van der Waals surface area contributed by atoms with Gasteiger partial charge in [-0.1, -0.05) is 42.0 Å². The maximum absolute atomic E-state index is 14.9. The SMILES string of the molecule is Cc1ccc(C2=C(C(=O)Nc3ccc(OC(F)(F)F)cc3)CNC(c3ccc(OCCCC(F)(F)F)cc3)(C(F)(F)F)C2=O)cc1. The van der Waals surface area contributed by atoms with Crippen LogP contribution in [0.2, 0.25) is 0 Å². The first-order valence-electron chi connectivity index (χ1n) is 13.5. The van der Waals surface area contributed by atoms with Crippen molar-refractivity contribution in [2.75, 3.05) is 18.5 Å². The molecule has 0 fully saturated rings. The van der Waals surface area contributed by atoms with Gasteiger partial charge in [-0.25, -0.2) is 0 Å². The Morgan fingerprint density at radius 1 is 0.848 bits per heavy atom. The highest BCUT2D eigenvalue weighted by Crippen LogP contribution is 2.46. The molecule has 0 aliphatic carbocycles. The van der Waals surface area contributed by atoms with Crippen molar-refractivity contribution in [1.29, 1.82) is 0 Å². The van der Waals surface area contributed by atoms with Gasteiger partial charge in [0.05, 0.1) is 6.61 Å². The van der Waals surface area contributed by atoms with Crippen LogP contribution in [-0.4, -0.2) is 43.6 Å². The van der Waals surface area contributed by atoms with Crippen LogP contribution in [0.3, 0.4) is 0 Å². The minimum atomic E-state index is -5.24. The Kier molecular flexibility index (Phi) is 9.75. The van der Waals surface area contributed by atoms with Gasteiger partial charge in [0.1, 0.15) is 11.5 Å². The maximum Gasteiger partial charge on any atom is 0.573 e. The first-order chi connectivity index (χ1) is 21.4. The molecule has 0 aromatic heterocycles. The number of carbonyl (C=O) groups excluding carboxylic acids is 2. The molecule has 4 rings (SSSR count). The molecule has 246 valence electrons. The molecule has 46 heavy (non-hydrogen) atoms. The van der Waals surface area contributed by atoms with E-state index in [0.29, 0.717) is 5.56 Å². The fraction of sp³-hybridized carbons (Fsp3) is 0.290. The standard InChI is InChI=1S/C31H25F9N2O4/c1-18-3-5-19(6-4-18)25-24(27(44)42-21-9-13-23(14-10-21)46-31(38,39)40)17-41-29(26(25)43,30(35,36)37)20-7-11-22(12-8-20)45-16-2-15-28(32,33)34/h3-14,41H,2,15-17H2,1H3,(H,42,44). The number of alkyl halides is 9. The van der Waals surface area contributed by atoms with Crippen LogP contribution in [0.4, 0.5) is 45.2 Å². The minimum absolute atomic E-state index is 0.00872. The minimum Gasteiger partial charge on any atom is -0.494 e. The third kappa shape index (κ3) is 8.00. The largest absolute Gasteiger partial charge is 0.573 e. The number of anilines is 1. The Balaban J connectivity index is 1.69. The summed E-state index contributed by atoms with van der Waals surface area (Å²) in [5.41, 5.74) is -4.10. The van der Waals surface area contributed by atoms with Crippen LogP contribution in [0.25, 0.3) is 5.57 Å². The number of aryl methyl sites for hydroxylation is 1. The molecule has 3 aromatic carbocycles. The van der Waals surface area contributed by atoms with Gasteiger partial charge in [0.15, 0.2) is 5.78 Å². The van der Waals surface area contributed by atoms with Gasteiger partial charge in [-0.2, -0.15) is 26.3 Å². The van der Waals surface area contributed by atoms with Crippen LogP contribution < -0.4 is 20.1 Å². The van der Waals surface area contributed by atoms with Gasteiger partial charge in [0, 0.05) is 29.8 Å². The number of Topliss-reactive ketones (excluding diaryl/α,β-unsaturated/α-hetero) is 1. The van der Waals surface area contributed by atoms with Crippen molar-refractivity contribution in [3.8, 4) is 11.5 Å². The number of halogens is 9. The lowest BCUT2D eigenvalue weighted by Gasteiger charge is -2.40. The molecule has 2 N–H and O–H groups in total. The second-order valence-corrected chi connectivity index (χ2v) is 10.3. The van der Waals surface area contributed by atoms with Gasteiger partial charge in [-0.15, -0.1) is 13.2 Å². The molecule has 0 bridgehead atoms. The van der Waals surface area contributed by atoms with E-state index in [0.717, 1.165) is 48.5 Å². The smallest absolute Gasteiger partial charge is 0.494 e. The summed E-state index contributed by atoms with van der Waals surface area (Å²) in [5.74, 6) is -3.09. The molecular formula is C31H25F9N2O4. The van der Waals surface area contributed by atoms with Crippen LogP contribution in [-0.2, 0) is 15.1 Å². The molecule has 0 spiro atoms. The van der Waals surface area contributed by atoms with Gasteiger partial charge in [0.2, 0.25) is 5.54 Å². The van der Waals surface area contributed by atoms with E-state index in [1.807, 2.05) is 0 Å². The summed E-state index contributed by atoms with van der Waals surface area (Å²) in [5, 5.41) is 4.57. The highest BCUT2D eigenvalue weighted by atomic mass is 19.4. The Bertz CT molecular complexity index is 1580. The van der Waals surface area contributed by atoms with E-state index < -0.39 is 65.8 Å². The van der Waals surface area contributed by atoms with Gasteiger partial charge in [-0.3, -0.25) is 14.9 Å². The molecule has 3 aromatic rings. The monoisotopic (exact) mass is 660 g/mol. The van der Waals surface area contributed by atoms with E-state index in [-0.39, 0.29) is 35.6 Å². The van der Waals surface area contributed by atoms with Crippen molar-refractivity contribution in [1.82, 2.24) is 5.32 Å². The average Bonchev–Trinajstić information content (AvgIpc) is 2.95. The Labute approximate surface area is 256 Å². The highest BCUT2D eigenvalue weighted by Gasteiger charge is 2.63. The first-order valence-corrected chi connectivity index (χ1v) is 13.5. The van der Waals surface area contributed by atoms with Crippen LogP contribution in [0.15, 0.2) is 78.4 Å². The number of benzene rings is 3. The normalized spacial score (nSPS) is 17.6. The molecule has 1 unspecified atom stereocenters. The molecule has 0 radical (unpaired) electrons. The lowest BCUT2D eigenvalue weighted by atomic mass is 9.75. The summed E-state index contributed by atoms with van der Waals surface area (Å²) in [4.78, 5) is 27.4. The van der Waals surface area contributed by atoms with Gasteiger partial charge in [0.25, 0.3) is 5.91 Å². The molecular weight excluding hydrogens is 635 g/mol. The number of nitrogens with one attached hydrogen (secondary N) is 2. The fourth-order valence-electron chi connectivity index (χ4n) is 4.77. The second kappa shape index (κ2) is 13.1. The third-order valence-corrected chi connectivity index (χ3v) is 6.95. The molecule has 6 nitrogen and oxygen atoms in total. The second-order valence-electron chi connectivity index (χ2n) is 10.3. The zero-order chi connectivity index (χ0) is 33.9. The summed E-state index contributed by atoms with van der Waals surface area (Å²) in [7, 11) is 0. The van der Waals surface area contributed by atoms with Crippen molar-refractivity contribution >= 4 is 23.0 Å². The van der Waals surface area contributed by atoms with Crippen molar-refractivity contribution in [3.63, 3.8) is 0 Å². The van der Waals surface area contributed by atoms with Crippen LogP contribution >= 0.6 is 0 Å². The summed E-state index contributed by atoms with van der Waals surface area (Å²) in [6, 6.07) is 13.9. The third-order valence-electron chi connectivity index (χ3n) is 6.95. The number of amides is 1.